The van der Waals surface area contributed by atoms with Crippen molar-refractivity contribution in [3.05, 3.63) is 40.3 Å². The van der Waals surface area contributed by atoms with Crippen LogP contribution in [0, 0.1) is 6.92 Å². The normalized spacial score (nSPS) is 18.2. The lowest BCUT2D eigenvalue weighted by molar-refractivity contribution is -0.148. The molecule has 0 aliphatic carbocycles. The zero-order chi connectivity index (χ0) is 15.6. The molecule has 1 aliphatic heterocycles. The van der Waals surface area contributed by atoms with Crippen molar-refractivity contribution in [2.75, 3.05) is 7.11 Å². The maximum absolute atomic E-state index is 12.3. The average molecular weight is 305 g/mol. The lowest BCUT2D eigenvalue weighted by atomic mass is 10.1. The Morgan fingerprint density at radius 3 is 2.62 bits per heavy atom. The number of rotatable bonds is 3. The molecule has 1 aromatic carbocycles. The summed E-state index contributed by atoms with van der Waals surface area (Å²) in [5.74, 6) is -1.08. The Kier molecular flexibility index (Phi) is 4.47. The molecule has 0 aromatic heterocycles. The van der Waals surface area contributed by atoms with Crippen LogP contribution in [0.15, 0.2) is 29.2 Å². The Morgan fingerprint density at radius 2 is 2.00 bits per heavy atom. The number of aryl methyl sites for hydroxylation is 1. The van der Waals surface area contributed by atoms with Crippen LogP contribution in [-0.4, -0.2) is 35.2 Å². The minimum absolute atomic E-state index is 0.310. The first-order chi connectivity index (χ1) is 9.95. The molecular formula is C15H15NO4S. The summed E-state index contributed by atoms with van der Waals surface area (Å²) in [6.45, 7) is 3.39. The van der Waals surface area contributed by atoms with Crippen molar-refractivity contribution in [2.45, 2.75) is 19.9 Å². The number of carbonyl (C=O) groups is 3. The number of esters is 1. The summed E-state index contributed by atoms with van der Waals surface area (Å²) in [5, 5.41) is -0.460. The molecule has 21 heavy (non-hydrogen) atoms. The Balaban J connectivity index is 2.30. The smallest absolute Gasteiger partial charge is 0.328 e. The lowest BCUT2D eigenvalue weighted by Crippen LogP contribution is -2.42. The minimum atomic E-state index is -0.926. The number of nitrogens with zero attached hydrogens (tertiary/aromatic N) is 1. The van der Waals surface area contributed by atoms with Gasteiger partial charge in [0.15, 0.2) is 0 Å². The second kappa shape index (κ2) is 6.13. The van der Waals surface area contributed by atoms with Crippen molar-refractivity contribution in [2.24, 2.45) is 0 Å². The quantitative estimate of drug-likeness (QED) is 0.634. The lowest BCUT2D eigenvalue weighted by Gasteiger charge is -2.18. The molecule has 1 aliphatic rings. The number of imide groups is 1. The first-order valence-electron chi connectivity index (χ1n) is 6.36. The highest BCUT2D eigenvalue weighted by Gasteiger charge is 2.41. The molecule has 1 fully saturated rings. The van der Waals surface area contributed by atoms with E-state index in [0.717, 1.165) is 27.8 Å². The van der Waals surface area contributed by atoms with Crippen LogP contribution in [0.1, 0.15) is 18.1 Å². The Hall–Kier alpha value is -2.08. The summed E-state index contributed by atoms with van der Waals surface area (Å²) in [6, 6.07) is 6.63. The van der Waals surface area contributed by atoms with E-state index < -0.39 is 23.2 Å². The standard InChI is InChI=1S/C15H15NO4S/c1-9-6-4-5-7-11(9)8-12-13(17)16(15(19)21-12)10(2)14(18)20-3/h4-8,10H,1-3H3/b12-8+. The molecule has 6 heteroatoms. The van der Waals surface area contributed by atoms with Crippen LogP contribution in [0.2, 0.25) is 0 Å². The molecular weight excluding hydrogens is 290 g/mol. The maximum Gasteiger partial charge on any atom is 0.328 e. The Morgan fingerprint density at radius 1 is 1.33 bits per heavy atom. The average Bonchev–Trinajstić information content (AvgIpc) is 2.74. The van der Waals surface area contributed by atoms with Crippen LogP contribution in [0.3, 0.4) is 0 Å². The summed E-state index contributed by atoms with van der Waals surface area (Å²) in [5.41, 5.74) is 1.87. The third-order valence-electron chi connectivity index (χ3n) is 3.23. The van der Waals surface area contributed by atoms with Gasteiger partial charge in [-0.1, -0.05) is 24.3 Å². The van der Waals surface area contributed by atoms with Gasteiger partial charge in [0.1, 0.15) is 6.04 Å². The van der Waals surface area contributed by atoms with Gasteiger partial charge in [-0.25, -0.2) is 4.79 Å². The fraction of sp³-hybridized carbons (Fsp3) is 0.267. The van der Waals surface area contributed by atoms with Gasteiger partial charge in [-0.15, -0.1) is 0 Å². The second-order valence-electron chi connectivity index (χ2n) is 4.61. The van der Waals surface area contributed by atoms with Crippen molar-refractivity contribution >= 4 is 35.0 Å². The molecule has 1 heterocycles. The molecule has 0 radical (unpaired) electrons. The number of hydrogen-bond donors (Lipinski definition) is 0. The monoisotopic (exact) mass is 305 g/mol. The largest absolute Gasteiger partial charge is 0.467 e. The van der Waals surface area contributed by atoms with Crippen LogP contribution < -0.4 is 0 Å². The van der Waals surface area contributed by atoms with Crippen molar-refractivity contribution in [1.82, 2.24) is 4.90 Å². The molecule has 2 rings (SSSR count). The molecule has 5 nitrogen and oxygen atoms in total. The van der Waals surface area contributed by atoms with E-state index in [0.29, 0.717) is 4.91 Å². The van der Waals surface area contributed by atoms with Gasteiger partial charge >= 0.3 is 5.97 Å². The molecule has 1 saturated heterocycles. The van der Waals surface area contributed by atoms with Gasteiger partial charge in [0.25, 0.3) is 11.1 Å². The third kappa shape index (κ3) is 3.00. The third-order valence-corrected chi connectivity index (χ3v) is 4.11. The highest BCUT2D eigenvalue weighted by molar-refractivity contribution is 8.18. The summed E-state index contributed by atoms with van der Waals surface area (Å²) < 4.78 is 4.58. The first-order valence-corrected chi connectivity index (χ1v) is 7.18. The van der Waals surface area contributed by atoms with E-state index in [-0.39, 0.29) is 0 Å². The minimum Gasteiger partial charge on any atom is -0.467 e. The first kappa shape index (κ1) is 15.3. The summed E-state index contributed by atoms with van der Waals surface area (Å²) in [6.07, 6.45) is 1.67. The van der Waals surface area contributed by atoms with Crippen molar-refractivity contribution in [1.29, 1.82) is 0 Å². The molecule has 0 N–H and O–H groups in total. The number of benzene rings is 1. The van der Waals surface area contributed by atoms with Crippen LogP contribution >= 0.6 is 11.8 Å². The van der Waals surface area contributed by atoms with Crippen LogP contribution in [0.5, 0.6) is 0 Å². The van der Waals surface area contributed by atoms with Gasteiger partial charge in [0.2, 0.25) is 0 Å². The van der Waals surface area contributed by atoms with Gasteiger partial charge in [-0.2, -0.15) is 0 Å². The molecule has 2 amide bonds. The summed E-state index contributed by atoms with van der Waals surface area (Å²) >= 11 is 0.832. The highest BCUT2D eigenvalue weighted by atomic mass is 32.2. The van der Waals surface area contributed by atoms with E-state index in [1.54, 1.807) is 6.08 Å². The van der Waals surface area contributed by atoms with E-state index in [9.17, 15) is 14.4 Å². The highest BCUT2D eigenvalue weighted by Crippen LogP contribution is 2.34. The van der Waals surface area contributed by atoms with Crippen molar-refractivity contribution < 1.29 is 19.1 Å². The SMILES string of the molecule is COC(=O)C(C)N1C(=O)S/C(=C/c2ccccc2C)C1=O. The molecule has 110 valence electrons. The van der Waals surface area contributed by atoms with Gasteiger partial charge in [0, 0.05) is 0 Å². The zero-order valence-corrected chi connectivity index (χ0v) is 12.8. The predicted octanol–water partition coefficient (Wildman–Crippen LogP) is 2.59. The molecule has 1 aromatic rings. The molecule has 0 saturated carbocycles. The molecule has 0 bridgehead atoms. The number of amides is 2. The molecule has 1 unspecified atom stereocenters. The van der Waals surface area contributed by atoms with Gasteiger partial charge in [-0.3, -0.25) is 14.5 Å². The van der Waals surface area contributed by atoms with Crippen molar-refractivity contribution in [3.63, 3.8) is 0 Å². The maximum atomic E-state index is 12.3. The van der Waals surface area contributed by atoms with Gasteiger partial charge < -0.3 is 4.74 Å². The van der Waals surface area contributed by atoms with E-state index in [1.807, 2.05) is 31.2 Å². The van der Waals surface area contributed by atoms with E-state index in [2.05, 4.69) is 4.74 Å². The fourth-order valence-electron chi connectivity index (χ4n) is 1.98. The van der Waals surface area contributed by atoms with E-state index in [1.165, 1.54) is 14.0 Å². The van der Waals surface area contributed by atoms with Crippen molar-refractivity contribution in [3.8, 4) is 0 Å². The topological polar surface area (TPSA) is 63.7 Å². The molecule has 1 atom stereocenters. The summed E-state index contributed by atoms with van der Waals surface area (Å²) in [4.78, 5) is 37.0. The fourth-order valence-corrected chi connectivity index (χ4v) is 2.88. The zero-order valence-electron chi connectivity index (χ0n) is 12.0. The second-order valence-corrected chi connectivity index (χ2v) is 5.60. The Bertz CT molecular complexity index is 638. The van der Waals surface area contributed by atoms with E-state index >= 15 is 0 Å². The van der Waals surface area contributed by atoms with E-state index in [4.69, 9.17) is 0 Å². The van der Waals surface area contributed by atoms with Crippen LogP contribution in [0.4, 0.5) is 4.79 Å². The number of thioether (sulfide) groups is 1. The number of hydrogen-bond acceptors (Lipinski definition) is 5. The van der Waals surface area contributed by atoms with Crippen LogP contribution in [0.25, 0.3) is 6.08 Å². The number of ether oxygens (including phenoxy) is 1. The van der Waals surface area contributed by atoms with Gasteiger partial charge in [-0.05, 0) is 42.8 Å². The Labute approximate surface area is 127 Å². The summed E-state index contributed by atoms with van der Waals surface area (Å²) in [7, 11) is 1.22. The molecule has 0 spiro atoms. The number of methoxy groups -OCH3 is 1. The predicted molar refractivity (Wildman–Crippen MR) is 80.5 cm³/mol. The van der Waals surface area contributed by atoms with Crippen LogP contribution in [-0.2, 0) is 14.3 Å². The van der Waals surface area contributed by atoms with Gasteiger partial charge in [0.05, 0.1) is 12.0 Å². The number of carbonyl (C=O) groups excluding carboxylic acids is 3.